The molecule has 1 aromatic carbocycles. The molecule has 1 aliphatic heterocycles. The number of hydrogen-bond acceptors (Lipinski definition) is 4. The molecule has 0 spiro atoms. The number of rotatable bonds is 4. The van der Waals surface area contributed by atoms with Crippen molar-refractivity contribution in [2.75, 3.05) is 25.0 Å². The van der Waals surface area contributed by atoms with Gasteiger partial charge in [0.05, 0.1) is 18.3 Å². The molecular weight excluding hydrogens is 284 g/mol. The molecule has 6 heteroatoms. The van der Waals surface area contributed by atoms with Crippen LogP contribution < -0.4 is 5.32 Å². The Balaban J connectivity index is 2.19. The second-order valence-corrected chi connectivity index (χ2v) is 5.08. The van der Waals surface area contributed by atoms with Crippen LogP contribution in [-0.2, 0) is 9.53 Å². The Kier molecular flexibility index (Phi) is 5.16. The number of nitrogens with zero attached hydrogens (tertiary/aromatic N) is 1. The first-order chi connectivity index (χ1) is 10.5. The molecule has 1 aliphatic rings. The fourth-order valence-electron chi connectivity index (χ4n) is 2.30. The van der Waals surface area contributed by atoms with Crippen LogP contribution in [0.25, 0.3) is 0 Å². The van der Waals surface area contributed by atoms with Gasteiger partial charge in [-0.3, -0.25) is 9.59 Å². The van der Waals surface area contributed by atoms with Crippen molar-refractivity contribution in [3.63, 3.8) is 0 Å². The third-order valence-corrected chi connectivity index (χ3v) is 3.56. The molecule has 0 aromatic heterocycles. The Bertz CT molecular complexity index is 586. The first kappa shape index (κ1) is 16.0. The van der Waals surface area contributed by atoms with Crippen molar-refractivity contribution < 1.29 is 19.4 Å². The molecule has 1 fully saturated rings. The zero-order valence-electron chi connectivity index (χ0n) is 12.5. The minimum atomic E-state index is -0.374. The van der Waals surface area contributed by atoms with Gasteiger partial charge in [0, 0.05) is 18.8 Å². The SMILES string of the molecule is C=CC(=O)Nc1ccc(O)c(C(=O)N2CCOC(CC)C2)c1. The number of hydrogen-bond donors (Lipinski definition) is 2. The van der Waals surface area contributed by atoms with Gasteiger partial charge in [0.25, 0.3) is 5.91 Å². The summed E-state index contributed by atoms with van der Waals surface area (Å²) >= 11 is 0. The Hall–Kier alpha value is -2.34. The molecule has 22 heavy (non-hydrogen) atoms. The second kappa shape index (κ2) is 7.09. The summed E-state index contributed by atoms with van der Waals surface area (Å²) in [6, 6.07) is 4.39. The smallest absolute Gasteiger partial charge is 0.257 e. The summed E-state index contributed by atoms with van der Waals surface area (Å²) < 4.78 is 5.54. The minimum absolute atomic E-state index is 0.0171. The molecule has 0 aliphatic carbocycles. The van der Waals surface area contributed by atoms with E-state index in [-0.39, 0.29) is 29.2 Å². The van der Waals surface area contributed by atoms with Crippen molar-refractivity contribution in [1.82, 2.24) is 4.90 Å². The van der Waals surface area contributed by atoms with Crippen molar-refractivity contribution in [2.24, 2.45) is 0 Å². The molecule has 0 saturated carbocycles. The molecule has 2 amide bonds. The monoisotopic (exact) mass is 304 g/mol. The number of anilines is 1. The van der Waals surface area contributed by atoms with Crippen LogP contribution in [0.2, 0.25) is 0 Å². The lowest BCUT2D eigenvalue weighted by Crippen LogP contribution is -2.45. The highest BCUT2D eigenvalue weighted by atomic mass is 16.5. The van der Waals surface area contributed by atoms with E-state index in [0.29, 0.717) is 25.4 Å². The molecule has 1 saturated heterocycles. The van der Waals surface area contributed by atoms with E-state index >= 15 is 0 Å². The molecular formula is C16H20N2O4. The third kappa shape index (κ3) is 3.65. The maximum atomic E-state index is 12.6. The van der Waals surface area contributed by atoms with Gasteiger partial charge in [0.2, 0.25) is 5.91 Å². The predicted molar refractivity (Wildman–Crippen MR) is 82.9 cm³/mol. The molecule has 1 unspecified atom stereocenters. The molecule has 2 N–H and O–H groups in total. The van der Waals surface area contributed by atoms with Crippen LogP contribution in [0.15, 0.2) is 30.9 Å². The molecule has 2 rings (SSSR count). The van der Waals surface area contributed by atoms with Gasteiger partial charge < -0.3 is 20.1 Å². The number of ether oxygens (including phenoxy) is 1. The van der Waals surface area contributed by atoms with E-state index in [1.807, 2.05) is 6.92 Å². The standard InChI is InChI=1S/C16H20N2O4/c1-3-12-10-18(7-8-22-12)16(21)13-9-11(5-6-14(13)19)17-15(20)4-2/h4-6,9,12,19H,2-3,7-8,10H2,1H3,(H,17,20). The molecule has 0 bridgehead atoms. The lowest BCUT2D eigenvalue weighted by molar-refractivity contribution is -0.111. The lowest BCUT2D eigenvalue weighted by Gasteiger charge is -2.32. The van der Waals surface area contributed by atoms with Crippen LogP contribution >= 0.6 is 0 Å². The van der Waals surface area contributed by atoms with Gasteiger partial charge in [-0.1, -0.05) is 13.5 Å². The Labute approximate surface area is 129 Å². The van der Waals surface area contributed by atoms with Crippen LogP contribution in [0.3, 0.4) is 0 Å². The number of nitrogens with one attached hydrogen (secondary N) is 1. The zero-order valence-corrected chi connectivity index (χ0v) is 12.5. The average Bonchev–Trinajstić information content (AvgIpc) is 2.55. The quantitative estimate of drug-likeness (QED) is 0.656. The summed E-state index contributed by atoms with van der Waals surface area (Å²) in [5, 5.41) is 12.5. The Morgan fingerprint density at radius 2 is 2.32 bits per heavy atom. The maximum absolute atomic E-state index is 12.6. The molecule has 0 radical (unpaired) electrons. The number of morpholine rings is 1. The van der Waals surface area contributed by atoms with Crippen molar-refractivity contribution in [3.05, 3.63) is 36.4 Å². The summed E-state index contributed by atoms with van der Waals surface area (Å²) in [4.78, 5) is 25.6. The number of carbonyl (C=O) groups excluding carboxylic acids is 2. The van der Waals surface area contributed by atoms with Crippen LogP contribution in [0, 0.1) is 0 Å². The number of carbonyl (C=O) groups is 2. The van der Waals surface area contributed by atoms with Gasteiger partial charge in [-0.2, -0.15) is 0 Å². The Morgan fingerprint density at radius 3 is 3.00 bits per heavy atom. The van der Waals surface area contributed by atoms with Gasteiger partial charge >= 0.3 is 0 Å². The molecule has 1 aromatic rings. The van der Waals surface area contributed by atoms with Crippen molar-refractivity contribution in [1.29, 1.82) is 0 Å². The van der Waals surface area contributed by atoms with Crippen LogP contribution in [0.5, 0.6) is 5.75 Å². The van der Waals surface area contributed by atoms with Gasteiger partial charge in [0.15, 0.2) is 0 Å². The number of phenols is 1. The topological polar surface area (TPSA) is 78.9 Å². The van der Waals surface area contributed by atoms with E-state index in [4.69, 9.17) is 4.74 Å². The molecule has 1 atom stereocenters. The fourth-order valence-corrected chi connectivity index (χ4v) is 2.30. The number of phenolic OH excluding ortho intramolecular Hbond substituents is 1. The van der Waals surface area contributed by atoms with Crippen LogP contribution in [0.1, 0.15) is 23.7 Å². The van der Waals surface area contributed by atoms with Gasteiger partial charge in [-0.15, -0.1) is 0 Å². The van der Waals surface area contributed by atoms with E-state index < -0.39 is 0 Å². The number of benzene rings is 1. The molecule has 6 nitrogen and oxygen atoms in total. The van der Waals surface area contributed by atoms with E-state index in [2.05, 4.69) is 11.9 Å². The molecule has 1 heterocycles. The van der Waals surface area contributed by atoms with Crippen LogP contribution in [0.4, 0.5) is 5.69 Å². The van der Waals surface area contributed by atoms with Crippen LogP contribution in [-0.4, -0.2) is 47.6 Å². The number of aromatic hydroxyl groups is 1. The second-order valence-electron chi connectivity index (χ2n) is 5.08. The van der Waals surface area contributed by atoms with Gasteiger partial charge in [0.1, 0.15) is 5.75 Å². The lowest BCUT2D eigenvalue weighted by atomic mass is 10.1. The Morgan fingerprint density at radius 1 is 1.55 bits per heavy atom. The summed E-state index contributed by atoms with van der Waals surface area (Å²) in [6.45, 7) is 6.84. The van der Waals surface area contributed by atoms with Crippen molar-refractivity contribution in [3.8, 4) is 5.75 Å². The van der Waals surface area contributed by atoms with Gasteiger partial charge in [-0.25, -0.2) is 0 Å². The maximum Gasteiger partial charge on any atom is 0.257 e. The average molecular weight is 304 g/mol. The number of amides is 2. The van der Waals surface area contributed by atoms with Crippen molar-refractivity contribution in [2.45, 2.75) is 19.4 Å². The normalized spacial score (nSPS) is 17.9. The van der Waals surface area contributed by atoms with Gasteiger partial charge in [-0.05, 0) is 30.7 Å². The summed E-state index contributed by atoms with van der Waals surface area (Å²) in [7, 11) is 0. The third-order valence-electron chi connectivity index (χ3n) is 3.56. The summed E-state index contributed by atoms with van der Waals surface area (Å²) in [5.41, 5.74) is 0.602. The highest BCUT2D eigenvalue weighted by molar-refractivity contribution is 6.02. The minimum Gasteiger partial charge on any atom is -0.507 e. The largest absolute Gasteiger partial charge is 0.507 e. The predicted octanol–water partition coefficient (Wildman–Crippen LogP) is 1.77. The zero-order chi connectivity index (χ0) is 16.1. The highest BCUT2D eigenvalue weighted by Gasteiger charge is 2.25. The molecule has 118 valence electrons. The van der Waals surface area contributed by atoms with E-state index in [1.54, 1.807) is 4.90 Å². The fraction of sp³-hybridized carbons (Fsp3) is 0.375. The summed E-state index contributed by atoms with van der Waals surface area (Å²) in [6.07, 6.45) is 1.98. The highest BCUT2D eigenvalue weighted by Crippen LogP contribution is 2.24. The first-order valence-electron chi connectivity index (χ1n) is 7.22. The van der Waals surface area contributed by atoms with E-state index in [1.165, 1.54) is 18.2 Å². The van der Waals surface area contributed by atoms with E-state index in [9.17, 15) is 14.7 Å². The first-order valence-corrected chi connectivity index (χ1v) is 7.22. The summed E-state index contributed by atoms with van der Waals surface area (Å²) in [5.74, 6) is -0.753. The van der Waals surface area contributed by atoms with E-state index in [0.717, 1.165) is 12.5 Å². The van der Waals surface area contributed by atoms with Crippen molar-refractivity contribution >= 4 is 17.5 Å².